The third-order valence-corrected chi connectivity index (χ3v) is 2.29. The van der Waals surface area contributed by atoms with Crippen molar-refractivity contribution in [2.45, 2.75) is 12.3 Å². The Kier molecular flexibility index (Phi) is 1.68. The topological polar surface area (TPSA) is 17.1 Å². The highest BCUT2D eigenvalue weighted by Gasteiger charge is 2.37. The quantitative estimate of drug-likeness (QED) is 0.612. The second-order valence-electron chi connectivity index (χ2n) is 3.20. The molecule has 0 unspecified atom stereocenters. The Morgan fingerprint density at radius 3 is 2.92 bits per heavy atom. The van der Waals surface area contributed by atoms with Crippen LogP contribution in [0.25, 0.3) is 0 Å². The van der Waals surface area contributed by atoms with E-state index >= 15 is 0 Å². The molecule has 0 heterocycles. The third-order valence-electron chi connectivity index (χ3n) is 2.29. The summed E-state index contributed by atoms with van der Waals surface area (Å²) in [5.41, 5.74) is 0.951. The Labute approximate surface area is 70.2 Å². The van der Waals surface area contributed by atoms with Gasteiger partial charge >= 0.3 is 0 Å². The summed E-state index contributed by atoms with van der Waals surface area (Å²) in [6.45, 7) is 0. The normalized spacial score (nSPS) is 26.8. The highest BCUT2D eigenvalue weighted by molar-refractivity contribution is 5.61. The third kappa shape index (κ3) is 1.24. The van der Waals surface area contributed by atoms with Gasteiger partial charge in [0.25, 0.3) is 0 Å². The lowest BCUT2D eigenvalue weighted by Crippen LogP contribution is -1.85. The van der Waals surface area contributed by atoms with Crippen LogP contribution in [0, 0.1) is 11.7 Å². The average molecular weight is 164 g/mol. The van der Waals surface area contributed by atoms with E-state index in [1.54, 1.807) is 6.07 Å². The van der Waals surface area contributed by atoms with Gasteiger partial charge in [0, 0.05) is 5.92 Å². The van der Waals surface area contributed by atoms with Crippen LogP contribution in [0.1, 0.15) is 17.9 Å². The molecule has 1 aliphatic rings. The van der Waals surface area contributed by atoms with Crippen LogP contribution in [0.4, 0.5) is 4.39 Å². The number of carbonyl (C=O) groups excluding carboxylic acids is 1. The monoisotopic (exact) mass is 164 g/mol. The van der Waals surface area contributed by atoms with Crippen molar-refractivity contribution in [3.63, 3.8) is 0 Å². The molecule has 2 heteroatoms. The maximum atomic E-state index is 12.7. The summed E-state index contributed by atoms with van der Waals surface area (Å²) in [5, 5.41) is 0. The van der Waals surface area contributed by atoms with E-state index in [0.717, 1.165) is 18.3 Å². The van der Waals surface area contributed by atoms with Gasteiger partial charge in [-0.05, 0) is 30.0 Å². The molecule has 2 atom stereocenters. The lowest BCUT2D eigenvalue weighted by atomic mass is 10.1. The van der Waals surface area contributed by atoms with Crippen molar-refractivity contribution in [3.8, 4) is 0 Å². The first kappa shape index (κ1) is 7.47. The molecule has 0 amide bonds. The van der Waals surface area contributed by atoms with Crippen LogP contribution in [-0.4, -0.2) is 6.29 Å². The van der Waals surface area contributed by atoms with Crippen molar-refractivity contribution in [1.82, 2.24) is 0 Å². The lowest BCUT2D eigenvalue weighted by Gasteiger charge is -1.96. The number of benzene rings is 1. The largest absolute Gasteiger partial charge is 0.303 e. The Hall–Kier alpha value is -1.18. The zero-order valence-electron chi connectivity index (χ0n) is 6.53. The zero-order valence-corrected chi connectivity index (χ0v) is 6.53. The first-order valence-electron chi connectivity index (χ1n) is 4.02. The van der Waals surface area contributed by atoms with Gasteiger partial charge in [-0.15, -0.1) is 0 Å². The second-order valence-corrected chi connectivity index (χ2v) is 3.20. The van der Waals surface area contributed by atoms with E-state index in [2.05, 4.69) is 0 Å². The summed E-state index contributed by atoms with van der Waals surface area (Å²) in [6, 6.07) is 6.48. The fourth-order valence-electron chi connectivity index (χ4n) is 1.49. The van der Waals surface area contributed by atoms with Crippen LogP contribution in [0.15, 0.2) is 24.3 Å². The summed E-state index contributed by atoms with van der Waals surface area (Å²) >= 11 is 0. The number of rotatable bonds is 2. The number of hydrogen-bond donors (Lipinski definition) is 0. The summed E-state index contributed by atoms with van der Waals surface area (Å²) in [4.78, 5) is 10.3. The standard InChI is InChI=1S/C10H9FO/c11-9-3-1-2-7(4-9)10-5-8(10)6-12/h1-4,6,8,10H,5H2/t8-,10-/m1/s1. The van der Waals surface area contributed by atoms with E-state index in [9.17, 15) is 9.18 Å². The molecule has 0 aliphatic heterocycles. The molecule has 0 bridgehead atoms. The van der Waals surface area contributed by atoms with Crippen molar-refractivity contribution in [2.75, 3.05) is 0 Å². The van der Waals surface area contributed by atoms with Crippen LogP contribution in [0.5, 0.6) is 0 Å². The fraction of sp³-hybridized carbons (Fsp3) is 0.300. The first-order chi connectivity index (χ1) is 5.81. The lowest BCUT2D eigenvalue weighted by molar-refractivity contribution is -0.108. The predicted molar refractivity (Wildman–Crippen MR) is 43.3 cm³/mol. The molecule has 1 aromatic carbocycles. The van der Waals surface area contributed by atoms with E-state index in [-0.39, 0.29) is 17.7 Å². The molecule has 1 nitrogen and oxygen atoms in total. The van der Waals surface area contributed by atoms with Crippen LogP contribution >= 0.6 is 0 Å². The zero-order chi connectivity index (χ0) is 8.55. The molecular formula is C10H9FO. The summed E-state index contributed by atoms with van der Waals surface area (Å²) in [7, 11) is 0. The molecule has 0 N–H and O–H groups in total. The van der Waals surface area contributed by atoms with E-state index in [0.29, 0.717) is 0 Å². The van der Waals surface area contributed by atoms with Gasteiger partial charge in [0.1, 0.15) is 12.1 Å². The first-order valence-corrected chi connectivity index (χ1v) is 4.02. The van der Waals surface area contributed by atoms with Crippen molar-refractivity contribution < 1.29 is 9.18 Å². The number of hydrogen-bond acceptors (Lipinski definition) is 1. The minimum atomic E-state index is -0.218. The van der Waals surface area contributed by atoms with E-state index in [4.69, 9.17) is 0 Å². The highest BCUT2D eigenvalue weighted by atomic mass is 19.1. The van der Waals surface area contributed by atoms with Crippen molar-refractivity contribution >= 4 is 6.29 Å². The number of halogens is 1. The molecule has 0 radical (unpaired) electrons. The van der Waals surface area contributed by atoms with E-state index in [1.807, 2.05) is 6.07 Å². The Morgan fingerprint density at radius 2 is 2.33 bits per heavy atom. The van der Waals surface area contributed by atoms with Gasteiger partial charge in [0.15, 0.2) is 0 Å². The second kappa shape index (κ2) is 2.70. The van der Waals surface area contributed by atoms with Crippen LogP contribution in [-0.2, 0) is 4.79 Å². The SMILES string of the molecule is O=C[C@H]1C[C@@H]1c1cccc(F)c1. The average Bonchev–Trinajstić information content (AvgIpc) is 2.83. The van der Waals surface area contributed by atoms with Gasteiger partial charge in [-0.25, -0.2) is 4.39 Å². The summed E-state index contributed by atoms with van der Waals surface area (Å²) < 4.78 is 12.7. The van der Waals surface area contributed by atoms with Gasteiger partial charge < -0.3 is 4.79 Å². The maximum Gasteiger partial charge on any atom is 0.123 e. The smallest absolute Gasteiger partial charge is 0.123 e. The minimum Gasteiger partial charge on any atom is -0.303 e. The van der Waals surface area contributed by atoms with Gasteiger partial charge in [0.2, 0.25) is 0 Å². The summed E-state index contributed by atoms with van der Waals surface area (Å²) in [6.07, 6.45) is 1.84. The Morgan fingerprint density at radius 1 is 1.50 bits per heavy atom. The van der Waals surface area contributed by atoms with Crippen molar-refractivity contribution in [1.29, 1.82) is 0 Å². The van der Waals surface area contributed by atoms with Gasteiger partial charge in [0.05, 0.1) is 0 Å². The van der Waals surface area contributed by atoms with Gasteiger partial charge in [-0.3, -0.25) is 0 Å². The molecule has 1 aromatic rings. The molecular weight excluding hydrogens is 155 g/mol. The van der Waals surface area contributed by atoms with Crippen molar-refractivity contribution in [2.24, 2.45) is 5.92 Å². The Balaban J connectivity index is 2.19. The molecule has 12 heavy (non-hydrogen) atoms. The highest BCUT2D eigenvalue weighted by Crippen LogP contribution is 2.45. The van der Waals surface area contributed by atoms with E-state index in [1.165, 1.54) is 12.1 Å². The number of aldehydes is 1. The minimum absolute atomic E-state index is 0.131. The maximum absolute atomic E-state index is 12.7. The molecule has 0 spiro atoms. The van der Waals surface area contributed by atoms with Crippen LogP contribution in [0.3, 0.4) is 0 Å². The molecule has 1 saturated carbocycles. The molecule has 0 aromatic heterocycles. The van der Waals surface area contributed by atoms with Crippen LogP contribution < -0.4 is 0 Å². The van der Waals surface area contributed by atoms with Crippen LogP contribution in [0.2, 0.25) is 0 Å². The summed E-state index contributed by atoms with van der Waals surface area (Å²) in [5.74, 6) is 0.189. The number of carbonyl (C=O) groups is 1. The fourth-order valence-corrected chi connectivity index (χ4v) is 1.49. The van der Waals surface area contributed by atoms with E-state index < -0.39 is 0 Å². The van der Waals surface area contributed by atoms with Gasteiger partial charge in [-0.1, -0.05) is 12.1 Å². The predicted octanol–water partition coefficient (Wildman–Crippen LogP) is 2.13. The molecule has 1 aliphatic carbocycles. The van der Waals surface area contributed by atoms with Crippen molar-refractivity contribution in [3.05, 3.63) is 35.6 Å². The molecule has 2 rings (SSSR count). The van der Waals surface area contributed by atoms with Gasteiger partial charge in [-0.2, -0.15) is 0 Å². The molecule has 1 fully saturated rings. The molecule has 0 saturated heterocycles. The molecule has 62 valence electrons. The Bertz CT molecular complexity index is 308.